The Balaban J connectivity index is 1.68. The molecule has 114 valence electrons. The lowest BCUT2D eigenvalue weighted by Gasteiger charge is -2.32. The number of halogens is 1. The van der Waals surface area contributed by atoms with Crippen molar-refractivity contribution >= 4 is 27.5 Å². The maximum absolute atomic E-state index is 7.55. The predicted octanol–water partition coefficient (Wildman–Crippen LogP) is 2.80. The van der Waals surface area contributed by atoms with Crippen molar-refractivity contribution in [3.8, 4) is 0 Å². The monoisotopic (exact) mass is 350 g/mol. The Hall–Kier alpha value is -1.07. The van der Waals surface area contributed by atoms with Gasteiger partial charge < -0.3 is 10.6 Å². The molecule has 0 bridgehead atoms. The largest absolute Gasteiger partial charge is 0.384 e. The van der Waals surface area contributed by atoms with Gasteiger partial charge in [0.1, 0.15) is 5.84 Å². The molecule has 2 aliphatic heterocycles. The summed E-state index contributed by atoms with van der Waals surface area (Å²) in [5.41, 5.74) is 7.57. The van der Waals surface area contributed by atoms with Crippen LogP contribution in [0.3, 0.4) is 0 Å². The van der Waals surface area contributed by atoms with E-state index in [4.69, 9.17) is 11.1 Å². The van der Waals surface area contributed by atoms with Crippen molar-refractivity contribution in [3.05, 3.63) is 28.2 Å². The lowest BCUT2D eigenvalue weighted by atomic mass is 10.1. The summed E-state index contributed by atoms with van der Waals surface area (Å²) in [6.45, 7) is 4.77. The summed E-state index contributed by atoms with van der Waals surface area (Å²) < 4.78 is 0.911. The van der Waals surface area contributed by atoms with E-state index in [0.717, 1.165) is 23.1 Å². The summed E-state index contributed by atoms with van der Waals surface area (Å²) in [6, 6.07) is 6.82. The lowest BCUT2D eigenvalue weighted by Crippen LogP contribution is -2.40. The molecule has 0 radical (unpaired) electrons. The Kier molecular flexibility index (Phi) is 4.50. The van der Waals surface area contributed by atoms with E-state index in [2.05, 4.69) is 37.9 Å². The maximum Gasteiger partial charge on any atom is 0.123 e. The van der Waals surface area contributed by atoms with Crippen LogP contribution < -0.4 is 10.6 Å². The van der Waals surface area contributed by atoms with Crippen molar-refractivity contribution in [2.75, 3.05) is 31.1 Å². The van der Waals surface area contributed by atoms with Gasteiger partial charge in [-0.15, -0.1) is 0 Å². The molecule has 4 nitrogen and oxygen atoms in total. The van der Waals surface area contributed by atoms with Gasteiger partial charge in [0.2, 0.25) is 0 Å². The summed E-state index contributed by atoms with van der Waals surface area (Å²) >= 11 is 3.53. The molecule has 0 aliphatic carbocycles. The number of likely N-dealkylation sites (tertiary alicyclic amines) is 1. The number of nitrogen functional groups attached to an aromatic ring is 1. The fourth-order valence-corrected chi connectivity index (χ4v) is 4.06. The van der Waals surface area contributed by atoms with Crippen LogP contribution in [0.1, 0.15) is 31.2 Å². The van der Waals surface area contributed by atoms with E-state index in [1.54, 1.807) is 0 Å². The van der Waals surface area contributed by atoms with Gasteiger partial charge in [-0.05, 0) is 66.5 Å². The zero-order valence-corrected chi connectivity index (χ0v) is 13.9. The van der Waals surface area contributed by atoms with E-state index in [-0.39, 0.29) is 5.84 Å². The van der Waals surface area contributed by atoms with Crippen LogP contribution in [0, 0.1) is 5.41 Å². The second-order valence-corrected chi connectivity index (χ2v) is 6.92. The minimum absolute atomic E-state index is 0.112. The highest BCUT2D eigenvalue weighted by molar-refractivity contribution is 9.10. The SMILES string of the molecule is N=C(N)c1ccc(N2CCC(N3CCCCC3)C2)cc1Br. The van der Waals surface area contributed by atoms with Crippen LogP contribution >= 0.6 is 15.9 Å². The number of hydrogen-bond donors (Lipinski definition) is 2. The first-order valence-electron chi connectivity index (χ1n) is 7.78. The van der Waals surface area contributed by atoms with Crippen LogP contribution in [0.4, 0.5) is 5.69 Å². The summed E-state index contributed by atoms with van der Waals surface area (Å²) in [6.07, 6.45) is 5.36. The molecule has 21 heavy (non-hydrogen) atoms. The molecule has 2 saturated heterocycles. The number of rotatable bonds is 3. The maximum atomic E-state index is 7.55. The van der Waals surface area contributed by atoms with Gasteiger partial charge in [-0.25, -0.2) is 0 Å². The second kappa shape index (κ2) is 6.36. The average Bonchev–Trinajstić information content (AvgIpc) is 2.97. The molecule has 5 heteroatoms. The van der Waals surface area contributed by atoms with E-state index in [1.807, 2.05) is 6.07 Å². The van der Waals surface area contributed by atoms with Crippen molar-refractivity contribution in [3.63, 3.8) is 0 Å². The number of hydrogen-bond acceptors (Lipinski definition) is 3. The zero-order valence-electron chi connectivity index (χ0n) is 12.3. The molecule has 1 aromatic rings. The Labute approximate surface area is 134 Å². The zero-order chi connectivity index (χ0) is 14.8. The van der Waals surface area contributed by atoms with E-state index in [1.165, 1.54) is 44.5 Å². The highest BCUT2D eigenvalue weighted by Gasteiger charge is 2.28. The molecule has 3 rings (SSSR count). The predicted molar refractivity (Wildman–Crippen MR) is 91.2 cm³/mol. The van der Waals surface area contributed by atoms with Crippen LogP contribution in [0.5, 0.6) is 0 Å². The van der Waals surface area contributed by atoms with Crippen molar-refractivity contribution in [2.45, 2.75) is 31.7 Å². The lowest BCUT2D eigenvalue weighted by molar-refractivity contribution is 0.175. The Morgan fingerprint density at radius 2 is 1.95 bits per heavy atom. The minimum Gasteiger partial charge on any atom is -0.384 e. The molecule has 1 unspecified atom stereocenters. The second-order valence-electron chi connectivity index (χ2n) is 6.06. The first kappa shape index (κ1) is 14.9. The summed E-state index contributed by atoms with van der Waals surface area (Å²) in [4.78, 5) is 5.12. The number of benzene rings is 1. The van der Waals surface area contributed by atoms with Crippen LogP contribution in [-0.4, -0.2) is 43.0 Å². The van der Waals surface area contributed by atoms with Crippen molar-refractivity contribution in [1.29, 1.82) is 5.41 Å². The molecule has 2 aliphatic rings. The first-order valence-corrected chi connectivity index (χ1v) is 8.57. The standard InChI is InChI=1S/C16H23BrN4/c17-15-10-12(4-5-14(15)16(18)19)21-9-6-13(11-21)20-7-2-1-3-8-20/h4-5,10,13H,1-3,6-9,11H2,(H3,18,19). The Morgan fingerprint density at radius 1 is 1.19 bits per heavy atom. The normalized spacial score (nSPS) is 23.5. The molecule has 1 aromatic carbocycles. The van der Waals surface area contributed by atoms with Gasteiger partial charge in [0.25, 0.3) is 0 Å². The third-order valence-electron chi connectivity index (χ3n) is 4.68. The van der Waals surface area contributed by atoms with E-state index >= 15 is 0 Å². The molecule has 2 fully saturated rings. The number of amidine groups is 1. The molecule has 1 atom stereocenters. The molecule has 0 amide bonds. The molecular formula is C16H23BrN4. The van der Waals surface area contributed by atoms with Gasteiger partial charge in [-0.2, -0.15) is 0 Å². The molecular weight excluding hydrogens is 328 g/mol. The minimum atomic E-state index is 0.112. The van der Waals surface area contributed by atoms with Gasteiger partial charge in [0.15, 0.2) is 0 Å². The topological polar surface area (TPSA) is 56.4 Å². The third-order valence-corrected chi connectivity index (χ3v) is 5.33. The molecule has 0 saturated carbocycles. The van der Waals surface area contributed by atoms with Crippen LogP contribution in [0.15, 0.2) is 22.7 Å². The molecule has 0 spiro atoms. The highest BCUT2D eigenvalue weighted by Crippen LogP contribution is 2.28. The van der Waals surface area contributed by atoms with Gasteiger partial charge in [0.05, 0.1) is 0 Å². The molecule has 0 aromatic heterocycles. The summed E-state index contributed by atoms with van der Waals surface area (Å²) in [5.74, 6) is 0.112. The average molecular weight is 351 g/mol. The summed E-state index contributed by atoms with van der Waals surface area (Å²) in [5, 5.41) is 7.55. The number of anilines is 1. The van der Waals surface area contributed by atoms with E-state index < -0.39 is 0 Å². The fourth-order valence-electron chi connectivity index (χ4n) is 3.48. The van der Waals surface area contributed by atoms with Crippen LogP contribution in [0.25, 0.3) is 0 Å². The smallest absolute Gasteiger partial charge is 0.123 e. The van der Waals surface area contributed by atoms with Crippen LogP contribution in [0.2, 0.25) is 0 Å². The van der Waals surface area contributed by atoms with Crippen molar-refractivity contribution in [1.82, 2.24) is 4.90 Å². The van der Waals surface area contributed by atoms with Gasteiger partial charge >= 0.3 is 0 Å². The van der Waals surface area contributed by atoms with Gasteiger partial charge in [-0.1, -0.05) is 6.42 Å². The van der Waals surface area contributed by atoms with Crippen molar-refractivity contribution < 1.29 is 0 Å². The summed E-state index contributed by atoms with van der Waals surface area (Å²) in [7, 11) is 0. The molecule has 3 N–H and O–H groups in total. The number of nitrogens with two attached hydrogens (primary N) is 1. The first-order chi connectivity index (χ1) is 10.1. The fraction of sp³-hybridized carbons (Fsp3) is 0.562. The number of piperidine rings is 1. The van der Waals surface area contributed by atoms with E-state index in [9.17, 15) is 0 Å². The van der Waals surface area contributed by atoms with Gasteiger partial charge in [0, 0.05) is 34.9 Å². The van der Waals surface area contributed by atoms with Crippen LogP contribution in [-0.2, 0) is 0 Å². The van der Waals surface area contributed by atoms with Crippen molar-refractivity contribution in [2.24, 2.45) is 5.73 Å². The third kappa shape index (κ3) is 3.24. The van der Waals surface area contributed by atoms with E-state index in [0.29, 0.717) is 6.04 Å². The highest BCUT2D eigenvalue weighted by atomic mass is 79.9. The molecule has 2 heterocycles. The Morgan fingerprint density at radius 3 is 2.62 bits per heavy atom. The number of nitrogens with zero attached hydrogens (tertiary/aromatic N) is 2. The quantitative estimate of drug-likeness (QED) is 0.650. The number of nitrogens with one attached hydrogen (secondary N) is 1. The Bertz CT molecular complexity index is 525. The van der Waals surface area contributed by atoms with Gasteiger partial charge in [-0.3, -0.25) is 10.3 Å².